The summed E-state index contributed by atoms with van der Waals surface area (Å²) in [6.45, 7) is 0.163. The van der Waals surface area contributed by atoms with E-state index in [-0.39, 0.29) is 29.8 Å². The van der Waals surface area contributed by atoms with Gasteiger partial charge in [-0.3, -0.25) is 10.1 Å². The van der Waals surface area contributed by atoms with Gasteiger partial charge in [0.1, 0.15) is 17.3 Å². The zero-order chi connectivity index (χ0) is 19.1. The van der Waals surface area contributed by atoms with Crippen LogP contribution in [0.4, 0.5) is 30.9 Å². The monoisotopic (exact) mass is 403 g/mol. The summed E-state index contributed by atoms with van der Waals surface area (Å²) < 4.78 is 59.2. The molecule has 142 valence electrons. The second-order valence-electron chi connectivity index (χ2n) is 4.50. The molecule has 1 aromatic carbocycles. The maximum absolute atomic E-state index is 10.7. The van der Waals surface area contributed by atoms with Crippen LogP contribution in [0.1, 0.15) is 5.56 Å². The van der Waals surface area contributed by atoms with Gasteiger partial charge in [-0.15, -0.1) is 0 Å². The van der Waals surface area contributed by atoms with E-state index >= 15 is 0 Å². The first-order valence-corrected chi connectivity index (χ1v) is 10.0. The number of benzene rings is 1. The Bertz CT molecular complexity index is 539. The summed E-state index contributed by atoms with van der Waals surface area (Å²) in [5, 5.41) is 28.4. The van der Waals surface area contributed by atoms with Crippen molar-refractivity contribution in [3.8, 4) is 0 Å². The minimum Gasteiger partial charge on any atom is -0.391 e. The Kier molecular flexibility index (Phi) is 7.49. The summed E-state index contributed by atoms with van der Waals surface area (Å²) in [7, 11) is -10.8. The van der Waals surface area contributed by atoms with Crippen molar-refractivity contribution in [1.82, 2.24) is 0 Å². The van der Waals surface area contributed by atoms with Gasteiger partial charge in [0.25, 0.3) is 5.69 Å². The van der Waals surface area contributed by atoms with Crippen LogP contribution in [-0.2, 0) is 16.6 Å². The number of aliphatic hydroxyl groups is 2. The third kappa shape index (κ3) is 15.8. The van der Waals surface area contributed by atoms with Crippen LogP contribution in [0.15, 0.2) is 24.3 Å². The van der Waals surface area contributed by atoms with Crippen LogP contribution in [0, 0.1) is 10.1 Å². The van der Waals surface area contributed by atoms with Gasteiger partial charge in [-0.1, -0.05) is 12.1 Å². The van der Waals surface area contributed by atoms with Gasteiger partial charge in [0.15, 0.2) is 0 Å². The first-order chi connectivity index (χ1) is 10.6. The van der Waals surface area contributed by atoms with Gasteiger partial charge < -0.3 is 10.2 Å². The second-order valence-corrected chi connectivity index (χ2v) is 8.74. The van der Waals surface area contributed by atoms with Crippen LogP contribution in [0.25, 0.3) is 0 Å². The number of non-ortho nitro benzene ring substituents is 1. The number of nitro groups is 1. The molecule has 0 aliphatic heterocycles. The van der Waals surface area contributed by atoms with Crippen molar-refractivity contribution in [1.29, 1.82) is 0 Å². The van der Waals surface area contributed by atoms with Gasteiger partial charge in [-0.2, -0.15) is 0 Å². The molecule has 0 radical (unpaired) electrons. The van der Waals surface area contributed by atoms with Crippen LogP contribution in [-0.4, -0.2) is 39.9 Å². The number of nitrogens with zero attached hydrogens (tertiary/aromatic N) is 1. The molecular weight excluding hydrogens is 387 g/mol. The van der Waals surface area contributed by atoms with Gasteiger partial charge >= 0.3 is 33.0 Å². The molecule has 2 N–H and O–H groups in total. The van der Waals surface area contributed by atoms with E-state index in [9.17, 15) is 35.3 Å². The minimum atomic E-state index is -10.7. The molecule has 0 atom stereocenters. The van der Waals surface area contributed by atoms with Gasteiger partial charge in [0.2, 0.25) is 0 Å². The largest absolute Gasteiger partial charge is 0.391 e. The molecule has 0 unspecified atom stereocenters. The molecule has 0 fully saturated rings. The zero-order valence-corrected chi connectivity index (χ0v) is 13.8. The summed E-state index contributed by atoms with van der Waals surface area (Å²) in [5.74, 6) is 1.93. The van der Waals surface area contributed by atoms with Crippen molar-refractivity contribution in [3.63, 3.8) is 0 Å². The third-order valence-electron chi connectivity index (χ3n) is 2.25. The number of hydrogen-bond donors (Lipinski definition) is 2. The Morgan fingerprint density at radius 3 is 1.88 bits per heavy atom. The van der Waals surface area contributed by atoms with Gasteiger partial charge in [-0.25, -0.2) is 0 Å². The summed E-state index contributed by atoms with van der Waals surface area (Å²) in [6.07, 6.45) is 0. The molecule has 0 bridgehead atoms. The first-order valence-electron chi connectivity index (χ1n) is 6.28. The SMILES string of the molecule is F[P-](F)(F)(F)(F)F.O=[N+]([O-])c1cccc(C[S+](CCO)CCO)c1. The molecule has 5 nitrogen and oxygen atoms in total. The molecule has 0 aliphatic rings. The van der Waals surface area contributed by atoms with Crippen molar-refractivity contribution >= 4 is 24.4 Å². The van der Waals surface area contributed by atoms with Gasteiger partial charge in [0, 0.05) is 17.7 Å². The van der Waals surface area contributed by atoms with E-state index in [4.69, 9.17) is 10.2 Å². The Morgan fingerprint density at radius 2 is 1.50 bits per heavy atom. The molecule has 1 rings (SSSR count). The zero-order valence-electron chi connectivity index (χ0n) is 12.1. The first kappa shape index (κ1) is 22.9. The molecule has 13 heteroatoms. The van der Waals surface area contributed by atoms with Crippen LogP contribution >= 0.6 is 7.81 Å². The van der Waals surface area contributed by atoms with E-state index in [1.54, 1.807) is 12.1 Å². The van der Waals surface area contributed by atoms with Crippen LogP contribution < -0.4 is 0 Å². The number of hydrogen-bond acceptors (Lipinski definition) is 4. The number of halogens is 6. The fraction of sp³-hybridized carbons (Fsp3) is 0.455. The van der Waals surface area contributed by atoms with E-state index in [0.29, 0.717) is 17.3 Å². The minimum absolute atomic E-state index is 0.0814. The smallest absolute Gasteiger partial charge is 0.269 e. The summed E-state index contributed by atoms with van der Waals surface area (Å²) in [6, 6.07) is 6.50. The molecule has 0 saturated carbocycles. The Hall–Kier alpha value is -1.10. The normalized spacial score (nSPS) is 14.4. The van der Waals surface area contributed by atoms with E-state index < -0.39 is 12.7 Å². The van der Waals surface area contributed by atoms with Crippen molar-refractivity contribution in [2.24, 2.45) is 0 Å². The van der Waals surface area contributed by atoms with Crippen molar-refractivity contribution in [2.75, 3.05) is 24.7 Å². The number of aliphatic hydroxyl groups excluding tert-OH is 2. The van der Waals surface area contributed by atoms with Crippen molar-refractivity contribution in [3.05, 3.63) is 39.9 Å². The Morgan fingerprint density at radius 1 is 1.04 bits per heavy atom. The van der Waals surface area contributed by atoms with E-state index in [0.717, 1.165) is 5.56 Å². The van der Waals surface area contributed by atoms with Crippen LogP contribution in [0.3, 0.4) is 0 Å². The molecule has 0 saturated heterocycles. The Balaban J connectivity index is 0.000000640. The summed E-state index contributed by atoms with van der Waals surface area (Å²) in [4.78, 5) is 10.2. The molecule has 0 aromatic heterocycles. The predicted octanol–water partition coefficient (Wildman–Crippen LogP) is 4.08. The van der Waals surface area contributed by atoms with E-state index in [1.807, 2.05) is 6.07 Å². The van der Waals surface area contributed by atoms with E-state index in [1.165, 1.54) is 6.07 Å². The topological polar surface area (TPSA) is 83.6 Å². The molecule has 0 aliphatic carbocycles. The summed E-state index contributed by atoms with van der Waals surface area (Å²) >= 11 is 0. The average Bonchev–Trinajstić information content (AvgIpc) is 2.36. The number of rotatable bonds is 7. The predicted molar refractivity (Wildman–Crippen MR) is 81.6 cm³/mol. The maximum Gasteiger partial charge on any atom is 0.269 e. The van der Waals surface area contributed by atoms with Gasteiger partial charge in [0.05, 0.1) is 18.1 Å². The molecule has 1 aromatic rings. The molecule has 0 amide bonds. The molecular formula is C11H16F6NO4PS. The average molecular weight is 403 g/mol. The second kappa shape index (κ2) is 7.85. The van der Waals surface area contributed by atoms with Gasteiger partial charge in [-0.05, 0) is 10.9 Å². The van der Waals surface area contributed by atoms with E-state index in [2.05, 4.69) is 0 Å². The summed E-state index contributed by atoms with van der Waals surface area (Å²) in [5.41, 5.74) is 0.962. The molecule has 0 heterocycles. The molecule has 0 spiro atoms. The fourth-order valence-electron chi connectivity index (χ4n) is 1.50. The van der Waals surface area contributed by atoms with Crippen LogP contribution in [0.5, 0.6) is 0 Å². The fourth-order valence-corrected chi connectivity index (χ4v) is 3.16. The Labute approximate surface area is 136 Å². The number of nitro benzene ring substituents is 1. The quantitative estimate of drug-likeness (QED) is 0.236. The molecule has 24 heavy (non-hydrogen) atoms. The maximum atomic E-state index is 10.6. The van der Waals surface area contributed by atoms with Crippen molar-refractivity contribution in [2.45, 2.75) is 5.75 Å². The standard InChI is InChI=1S/C11H16NO4S.F6P/c13-4-6-17(7-5-14)9-10-2-1-3-11(8-10)12(15)16;1-7(2,3,4,5)6/h1-3,8,13-14H,4-7,9H2;/q+1;-1. The third-order valence-corrected chi connectivity index (χ3v) is 4.51. The van der Waals surface area contributed by atoms with Crippen molar-refractivity contribution < 1.29 is 40.3 Å². The van der Waals surface area contributed by atoms with Crippen LogP contribution in [0.2, 0.25) is 0 Å².